The quantitative estimate of drug-likeness (QED) is 0.587. The zero-order chi connectivity index (χ0) is 11.4. The van der Waals surface area contributed by atoms with E-state index in [4.69, 9.17) is 5.73 Å². The van der Waals surface area contributed by atoms with Crippen LogP contribution in [0, 0.1) is 21.7 Å². The van der Waals surface area contributed by atoms with Gasteiger partial charge in [0.05, 0.1) is 4.92 Å². The number of hydrogen-bond acceptors (Lipinski definition) is 4. The van der Waals surface area contributed by atoms with Gasteiger partial charge in [-0.25, -0.2) is 8.78 Å². The van der Waals surface area contributed by atoms with Crippen LogP contribution in [0.5, 0.6) is 0 Å². The number of nitrogens with zero attached hydrogens (tertiary/aromatic N) is 1. The van der Waals surface area contributed by atoms with Crippen molar-refractivity contribution in [1.82, 2.24) is 0 Å². The second-order valence-corrected chi connectivity index (χ2v) is 2.73. The molecule has 0 radical (unpaired) electrons. The number of rotatable bonds is 4. The van der Waals surface area contributed by atoms with E-state index in [1.807, 2.05) is 0 Å². The van der Waals surface area contributed by atoms with Crippen LogP contribution in [-0.4, -0.2) is 18.0 Å². The van der Waals surface area contributed by atoms with Crippen molar-refractivity contribution in [2.24, 2.45) is 5.73 Å². The summed E-state index contributed by atoms with van der Waals surface area (Å²) in [5.41, 5.74) is 4.16. The molecule has 0 fully saturated rings. The summed E-state index contributed by atoms with van der Waals surface area (Å²) >= 11 is 0. The monoisotopic (exact) mass is 217 g/mol. The van der Waals surface area contributed by atoms with Crippen LogP contribution < -0.4 is 11.1 Å². The van der Waals surface area contributed by atoms with Crippen LogP contribution in [0.3, 0.4) is 0 Å². The SMILES string of the molecule is NCCNc1c([N+](=O)[O-])ccc(F)c1F. The first kappa shape index (κ1) is 11.3. The molecule has 0 heterocycles. The third-order valence-electron chi connectivity index (χ3n) is 1.72. The molecule has 7 heteroatoms. The smallest absolute Gasteiger partial charge is 0.295 e. The molecular weight excluding hydrogens is 208 g/mol. The van der Waals surface area contributed by atoms with Gasteiger partial charge in [-0.1, -0.05) is 0 Å². The van der Waals surface area contributed by atoms with Gasteiger partial charge in [-0.2, -0.15) is 0 Å². The fourth-order valence-electron chi connectivity index (χ4n) is 1.06. The maximum absolute atomic E-state index is 13.2. The van der Waals surface area contributed by atoms with E-state index < -0.39 is 27.9 Å². The summed E-state index contributed by atoms with van der Waals surface area (Å²) in [6.45, 7) is 0.286. The van der Waals surface area contributed by atoms with Crippen LogP contribution in [0.1, 0.15) is 0 Å². The molecule has 0 bridgehead atoms. The molecule has 0 aliphatic rings. The molecule has 0 atom stereocenters. The molecule has 0 aliphatic carbocycles. The first-order chi connectivity index (χ1) is 7.07. The highest BCUT2D eigenvalue weighted by Gasteiger charge is 2.20. The lowest BCUT2D eigenvalue weighted by atomic mass is 10.2. The van der Waals surface area contributed by atoms with E-state index in [0.717, 1.165) is 6.07 Å². The minimum Gasteiger partial charge on any atom is -0.376 e. The summed E-state index contributed by atoms with van der Waals surface area (Å²) in [4.78, 5) is 9.70. The molecule has 1 rings (SSSR count). The van der Waals surface area contributed by atoms with E-state index in [1.54, 1.807) is 0 Å². The second kappa shape index (κ2) is 4.65. The van der Waals surface area contributed by atoms with E-state index in [-0.39, 0.29) is 13.1 Å². The van der Waals surface area contributed by atoms with Crippen molar-refractivity contribution in [2.75, 3.05) is 18.4 Å². The second-order valence-electron chi connectivity index (χ2n) is 2.73. The van der Waals surface area contributed by atoms with Crippen molar-refractivity contribution >= 4 is 11.4 Å². The largest absolute Gasteiger partial charge is 0.376 e. The van der Waals surface area contributed by atoms with E-state index >= 15 is 0 Å². The molecule has 0 spiro atoms. The Balaban J connectivity index is 3.16. The van der Waals surface area contributed by atoms with Crippen LogP contribution in [0.2, 0.25) is 0 Å². The zero-order valence-corrected chi connectivity index (χ0v) is 7.67. The predicted molar refractivity (Wildman–Crippen MR) is 50.6 cm³/mol. The number of halogens is 2. The summed E-state index contributed by atoms with van der Waals surface area (Å²) in [6, 6.07) is 1.61. The lowest BCUT2D eigenvalue weighted by Crippen LogP contribution is -2.15. The van der Waals surface area contributed by atoms with Crippen LogP contribution in [0.4, 0.5) is 20.2 Å². The van der Waals surface area contributed by atoms with Gasteiger partial charge in [0.25, 0.3) is 5.69 Å². The van der Waals surface area contributed by atoms with Crippen molar-refractivity contribution in [3.8, 4) is 0 Å². The molecular formula is C8H9F2N3O2. The predicted octanol–water partition coefficient (Wildman–Crippen LogP) is 1.24. The van der Waals surface area contributed by atoms with Crippen molar-refractivity contribution in [2.45, 2.75) is 0 Å². The summed E-state index contributed by atoms with van der Waals surface area (Å²) in [7, 11) is 0. The van der Waals surface area contributed by atoms with Crippen molar-refractivity contribution in [1.29, 1.82) is 0 Å². The molecule has 0 unspecified atom stereocenters. The normalized spacial score (nSPS) is 10.1. The summed E-state index contributed by atoms with van der Waals surface area (Å²) < 4.78 is 25.9. The fraction of sp³-hybridized carbons (Fsp3) is 0.250. The molecule has 0 saturated carbocycles. The molecule has 5 nitrogen and oxygen atoms in total. The maximum atomic E-state index is 13.2. The molecule has 15 heavy (non-hydrogen) atoms. The lowest BCUT2D eigenvalue weighted by Gasteiger charge is -2.06. The Hall–Kier alpha value is -1.76. The number of hydrogen-bond donors (Lipinski definition) is 2. The van der Waals surface area contributed by atoms with Crippen LogP contribution in [0.25, 0.3) is 0 Å². The first-order valence-corrected chi connectivity index (χ1v) is 4.14. The van der Waals surface area contributed by atoms with E-state index in [0.29, 0.717) is 6.07 Å². The number of benzene rings is 1. The lowest BCUT2D eigenvalue weighted by molar-refractivity contribution is -0.384. The standard InChI is InChI=1S/C8H9F2N3O2/c9-5-1-2-6(13(14)15)8(7(5)10)12-4-3-11/h1-2,12H,3-4,11H2. The van der Waals surface area contributed by atoms with E-state index in [1.165, 1.54) is 0 Å². The highest BCUT2D eigenvalue weighted by atomic mass is 19.2. The van der Waals surface area contributed by atoms with Gasteiger partial charge in [-0.3, -0.25) is 10.1 Å². The van der Waals surface area contributed by atoms with Gasteiger partial charge < -0.3 is 11.1 Å². The van der Waals surface area contributed by atoms with Crippen molar-refractivity contribution in [3.63, 3.8) is 0 Å². The summed E-state index contributed by atoms with van der Waals surface area (Å²) in [6.07, 6.45) is 0. The highest BCUT2D eigenvalue weighted by molar-refractivity contribution is 5.62. The highest BCUT2D eigenvalue weighted by Crippen LogP contribution is 2.28. The van der Waals surface area contributed by atoms with Gasteiger partial charge in [0.1, 0.15) is 0 Å². The van der Waals surface area contributed by atoms with Crippen LogP contribution in [0.15, 0.2) is 12.1 Å². The number of nitro groups is 1. The molecule has 0 aliphatic heterocycles. The Bertz CT molecular complexity index is 384. The summed E-state index contributed by atoms with van der Waals surface area (Å²) in [5.74, 6) is -2.40. The van der Waals surface area contributed by atoms with E-state index in [9.17, 15) is 18.9 Å². The number of nitro benzene ring substituents is 1. The third kappa shape index (κ3) is 2.38. The number of nitrogens with one attached hydrogen (secondary N) is 1. The van der Waals surface area contributed by atoms with Crippen molar-refractivity contribution < 1.29 is 13.7 Å². The Morgan fingerprint density at radius 1 is 1.47 bits per heavy atom. The Kier molecular flexibility index (Phi) is 3.51. The molecule has 3 N–H and O–H groups in total. The Morgan fingerprint density at radius 2 is 2.13 bits per heavy atom. The van der Waals surface area contributed by atoms with Crippen LogP contribution >= 0.6 is 0 Å². The van der Waals surface area contributed by atoms with Gasteiger partial charge in [0, 0.05) is 19.2 Å². The number of nitrogens with two attached hydrogens (primary N) is 1. The molecule has 1 aromatic rings. The van der Waals surface area contributed by atoms with Gasteiger partial charge in [0.2, 0.25) is 0 Å². The Labute approximate surface area is 84.0 Å². The van der Waals surface area contributed by atoms with Crippen molar-refractivity contribution in [3.05, 3.63) is 33.9 Å². The fourth-order valence-corrected chi connectivity index (χ4v) is 1.06. The average Bonchev–Trinajstić information content (AvgIpc) is 2.19. The van der Waals surface area contributed by atoms with Gasteiger partial charge in [-0.05, 0) is 6.07 Å². The molecule has 0 amide bonds. The average molecular weight is 217 g/mol. The summed E-state index contributed by atoms with van der Waals surface area (Å²) in [5, 5.41) is 12.9. The van der Waals surface area contributed by atoms with Crippen LogP contribution in [-0.2, 0) is 0 Å². The minimum atomic E-state index is -1.27. The topological polar surface area (TPSA) is 81.2 Å². The molecule has 0 aromatic heterocycles. The maximum Gasteiger partial charge on any atom is 0.295 e. The third-order valence-corrected chi connectivity index (χ3v) is 1.72. The molecule has 0 saturated heterocycles. The van der Waals surface area contributed by atoms with E-state index in [2.05, 4.69) is 5.32 Å². The molecule has 82 valence electrons. The number of anilines is 1. The molecule has 1 aromatic carbocycles. The van der Waals surface area contributed by atoms with Gasteiger partial charge in [-0.15, -0.1) is 0 Å². The minimum absolute atomic E-state index is 0.126. The van der Waals surface area contributed by atoms with Gasteiger partial charge >= 0.3 is 0 Å². The Morgan fingerprint density at radius 3 is 2.67 bits per heavy atom. The first-order valence-electron chi connectivity index (χ1n) is 4.14. The van der Waals surface area contributed by atoms with Gasteiger partial charge in [0.15, 0.2) is 17.3 Å². The zero-order valence-electron chi connectivity index (χ0n) is 7.67.